The van der Waals surface area contributed by atoms with Crippen LogP contribution in [0.4, 0.5) is 4.79 Å². The number of carbonyl (C=O) groups is 1. The Morgan fingerprint density at radius 1 is 0.879 bits per heavy atom. The van der Waals surface area contributed by atoms with Gasteiger partial charge in [-0.25, -0.2) is 13.2 Å². The molecule has 0 saturated heterocycles. The summed E-state index contributed by atoms with van der Waals surface area (Å²) in [7, 11) is -3.83. The number of hydrogen-bond donors (Lipinski definition) is 1. The van der Waals surface area contributed by atoms with Crippen LogP contribution in [-0.2, 0) is 27.5 Å². The third kappa shape index (κ3) is 6.58. The van der Waals surface area contributed by atoms with E-state index in [0.717, 1.165) is 11.1 Å². The van der Waals surface area contributed by atoms with Crippen LogP contribution in [-0.4, -0.2) is 36.7 Å². The number of hydrogen-bond acceptors (Lipinski definition) is 5. The van der Waals surface area contributed by atoms with Crippen LogP contribution in [0.25, 0.3) is 0 Å². The molecule has 0 aromatic heterocycles. The van der Waals surface area contributed by atoms with Crippen molar-refractivity contribution in [2.24, 2.45) is 0 Å². The Balaban J connectivity index is 1.74. The molecule has 0 bridgehead atoms. The monoisotopic (exact) mass is 467 g/mol. The van der Waals surface area contributed by atoms with E-state index in [1.165, 1.54) is 24.3 Å². The summed E-state index contributed by atoms with van der Waals surface area (Å²) in [5.41, 5.74) is 1.27. The van der Waals surface area contributed by atoms with Gasteiger partial charge in [0.25, 0.3) is 0 Å². The molecule has 0 aliphatic carbocycles. The normalized spacial score (nSPS) is 11.7. The Morgan fingerprint density at radius 2 is 1.48 bits per heavy atom. The van der Waals surface area contributed by atoms with Crippen molar-refractivity contribution in [2.75, 3.05) is 6.54 Å². The second-order valence-electron chi connectivity index (χ2n) is 8.75. The fraction of sp³-hybridized carbons (Fsp3) is 0.269. The van der Waals surface area contributed by atoms with E-state index in [1.54, 1.807) is 29.2 Å². The van der Waals surface area contributed by atoms with Gasteiger partial charge in [-0.05, 0) is 62.6 Å². The molecule has 33 heavy (non-hydrogen) atoms. The zero-order chi connectivity index (χ0) is 24.1. The number of nitrogens with zero attached hydrogens (tertiary/aromatic N) is 1. The van der Waals surface area contributed by atoms with Crippen LogP contribution in [0.15, 0.2) is 88.7 Å². The van der Waals surface area contributed by atoms with Crippen LogP contribution in [0.3, 0.4) is 0 Å². The molecule has 174 valence electrons. The molecular weight excluding hydrogens is 438 g/mol. The lowest BCUT2D eigenvalue weighted by Gasteiger charge is -2.27. The number of benzene rings is 3. The van der Waals surface area contributed by atoms with Crippen molar-refractivity contribution < 1.29 is 23.1 Å². The van der Waals surface area contributed by atoms with Gasteiger partial charge < -0.3 is 14.7 Å². The first kappa shape index (κ1) is 24.3. The number of phenols is 1. The van der Waals surface area contributed by atoms with Gasteiger partial charge in [-0.1, -0.05) is 54.6 Å². The summed E-state index contributed by atoms with van der Waals surface area (Å²) in [6.45, 7) is 6.31. The molecule has 0 spiro atoms. The smallest absolute Gasteiger partial charge is 0.410 e. The highest BCUT2D eigenvalue weighted by atomic mass is 32.2. The van der Waals surface area contributed by atoms with Gasteiger partial charge in [-0.15, -0.1) is 0 Å². The van der Waals surface area contributed by atoms with Crippen LogP contribution in [0.1, 0.15) is 31.9 Å². The highest BCUT2D eigenvalue weighted by Crippen LogP contribution is 2.28. The number of rotatable bonds is 7. The summed E-state index contributed by atoms with van der Waals surface area (Å²) in [6.07, 6.45) is 0.133. The summed E-state index contributed by atoms with van der Waals surface area (Å²) in [5.74, 6) is -0.282. The van der Waals surface area contributed by atoms with Gasteiger partial charge in [0.05, 0.1) is 4.90 Å². The molecule has 3 aromatic rings. The molecule has 0 unspecified atom stereocenters. The predicted molar refractivity (Wildman–Crippen MR) is 127 cm³/mol. The van der Waals surface area contributed by atoms with E-state index in [9.17, 15) is 18.3 Å². The molecule has 3 rings (SSSR count). The van der Waals surface area contributed by atoms with Gasteiger partial charge in [-0.3, -0.25) is 0 Å². The molecule has 0 heterocycles. The van der Waals surface area contributed by atoms with E-state index in [1.807, 2.05) is 51.1 Å². The molecule has 1 N–H and O–H groups in total. The number of para-hydroxylation sites is 1. The maximum atomic E-state index is 12.8. The van der Waals surface area contributed by atoms with Crippen LogP contribution in [0, 0.1) is 0 Å². The summed E-state index contributed by atoms with van der Waals surface area (Å²) in [4.78, 5) is 14.4. The number of phenolic OH excluding ortho intramolecular Hbond substituents is 1. The number of aromatic hydroxyl groups is 1. The van der Waals surface area contributed by atoms with Gasteiger partial charge in [0, 0.05) is 13.1 Å². The lowest BCUT2D eigenvalue weighted by Crippen LogP contribution is -2.37. The van der Waals surface area contributed by atoms with Crippen molar-refractivity contribution in [2.45, 2.75) is 49.1 Å². The highest BCUT2D eigenvalue weighted by Gasteiger charge is 2.23. The Kier molecular flexibility index (Phi) is 7.43. The van der Waals surface area contributed by atoms with Crippen molar-refractivity contribution in [1.82, 2.24) is 4.90 Å². The Labute approximate surface area is 195 Å². The lowest BCUT2D eigenvalue weighted by atomic mass is 10.1. The van der Waals surface area contributed by atoms with E-state index in [0.29, 0.717) is 19.5 Å². The van der Waals surface area contributed by atoms with E-state index >= 15 is 0 Å². The topological polar surface area (TPSA) is 83.9 Å². The molecule has 0 fully saturated rings. The number of ether oxygens (including phenoxy) is 1. The fourth-order valence-electron chi connectivity index (χ4n) is 3.28. The number of sulfone groups is 1. The molecule has 0 aliphatic rings. The molecule has 1 amide bonds. The largest absolute Gasteiger partial charge is 0.507 e. The summed E-state index contributed by atoms with van der Waals surface area (Å²) in [6, 6.07) is 22.0. The van der Waals surface area contributed by atoms with Crippen molar-refractivity contribution in [3.05, 3.63) is 90.0 Å². The summed E-state index contributed by atoms with van der Waals surface area (Å²) in [5, 5.41) is 9.93. The van der Waals surface area contributed by atoms with Crippen molar-refractivity contribution in [3.63, 3.8) is 0 Å². The van der Waals surface area contributed by atoms with Crippen LogP contribution in [0.5, 0.6) is 5.75 Å². The first-order valence-electron chi connectivity index (χ1n) is 10.7. The maximum absolute atomic E-state index is 12.8. The summed E-state index contributed by atoms with van der Waals surface area (Å²) >= 11 is 0. The van der Waals surface area contributed by atoms with Gasteiger partial charge in [0.2, 0.25) is 9.84 Å². The molecule has 0 aliphatic heterocycles. The SMILES string of the molecule is CC(C)(C)OC(=O)N(CCc1ccc(S(=O)(=O)c2ccccc2O)cc1)Cc1ccccc1. The zero-order valence-corrected chi connectivity index (χ0v) is 19.9. The number of amides is 1. The molecule has 0 radical (unpaired) electrons. The van der Waals surface area contributed by atoms with E-state index in [4.69, 9.17) is 4.74 Å². The molecule has 0 saturated carbocycles. The standard InChI is InChI=1S/C26H29NO5S/c1-26(2,3)32-25(29)27(19-21-9-5-4-6-10-21)18-17-20-13-15-22(16-14-20)33(30,31)24-12-8-7-11-23(24)28/h4-16,28H,17-19H2,1-3H3. The predicted octanol–water partition coefficient (Wildman–Crippen LogP) is 5.20. The highest BCUT2D eigenvalue weighted by molar-refractivity contribution is 7.91. The quantitative estimate of drug-likeness (QED) is 0.516. The minimum Gasteiger partial charge on any atom is -0.507 e. The van der Waals surface area contributed by atoms with E-state index in [-0.39, 0.29) is 15.5 Å². The molecule has 3 aromatic carbocycles. The van der Waals surface area contributed by atoms with Gasteiger partial charge >= 0.3 is 6.09 Å². The van der Waals surface area contributed by atoms with Gasteiger partial charge in [-0.2, -0.15) is 0 Å². The fourth-order valence-corrected chi connectivity index (χ4v) is 4.63. The minimum atomic E-state index is -3.83. The lowest BCUT2D eigenvalue weighted by molar-refractivity contribution is 0.0236. The van der Waals surface area contributed by atoms with Crippen LogP contribution in [0.2, 0.25) is 0 Å². The van der Waals surface area contributed by atoms with Crippen molar-refractivity contribution in [1.29, 1.82) is 0 Å². The molecule has 6 nitrogen and oxygen atoms in total. The van der Waals surface area contributed by atoms with Crippen LogP contribution >= 0.6 is 0 Å². The number of carbonyl (C=O) groups excluding carboxylic acids is 1. The molecular formula is C26H29NO5S. The second-order valence-corrected chi connectivity index (χ2v) is 10.7. The Bertz CT molecular complexity index is 1180. The zero-order valence-electron chi connectivity index (χ0n) is 19.1. The average Bonchev–Trinajstić information content (AvgIpc) is 2.76. The Hall–Kier alpha value is -3.32. The summed E-state index contributed by atoms with van der Waals surface area (Å²) < 4.78 is 31.2. The van der Waals surface area contributed by atoms with Crippen LogP contribution < -0.4 is 0 Å². The minimum absolute atomic E-state index is 0.0982. The maximum Gasteiger partial charge on any atom is 0.410 e. The van der Waals surface area contributed by atoms with Crippen molar-refractivity contribution in [3.8, 4) is 5.75 Å². The van der Waals surface area contributed by atoms with Crippen molar-refractivity contribution >= 4 is 15.9 Å². The Morgan fingerprint density at radius 3 is 2.09 bits per heavy atom. The second kappa shape index (κ2) is 10.1. The third-order valence-corrected chi connectivity index (χ3v) is 6.74. The average molecular weight is 468 g/mol. The first-order chi connectivity index (χ1) is 15.6. The van der Waals surface area contributed by atoms with E-state index in [2.05, 4.69) is 0 Å². The molecule has 0 atom stereocenters. The molecule has 7 heteroatoms. The first-order valence-corrected chi connectivity index (χ1v) is 12.2. The third-order valence-electron chi connectivity index (χ3n) is 4.93. The van der Waals surface area contributed by atoms with Gasteiger partial charge in [0.15, 0.2) is 0 Å². The van der Waals surface area contributed by atoms with Gasteiger partial charge in [0.1, 0.15) is 16.2 Å². The van der Waals surface area contributed by atoms with E-state index < -0.39 is 21.5 Å².